The van der Waals surface area contributed by atoms with Crippen LogP contribution in [0.15, 0.2) is 36.5 Å². The molecule has 5 heteroatoms. The standard InChI is InChI=1S/C15H14ClNO3/c1-19-14-5-4-11(16)8-12(14)13(18)7-10-3-6-15(20-2)17-9-10/h3-6,8-9H,7H2,1-2H3. The summed E-state index contributed by atoms with van der Waals surface area (Å²) in [6, 6.07) is 8.51. The van der Waals surface area contributed by atoms with Crippen molar-refractivity contribution in [2.45, 2.75) is 6.42 Å². The maximum atomic E-state index is 12.3. The number of hydrogen-bond donors (Lipinski definition) is 0. The van der Waals surface area contributed by atoms with Crippen LogP contribution in [0.5, 0.6) is 11.6 Å². The molecule has 1 heterocycles. The number of ether oxygens (including phenoxy) is 2. The first-order valence-electron chi connectivity index (χ1n) is 5.99. The highest BCUT2D eigenvalue weighted by Gasteiger charge is 2.13. The Morgan fingerprint density at radius 3 is 2.60 bits per heavy atom. The summed E-state index contributed by atoms with van der Waals surface area (Å²) >= 11 is 5.92. The predicted octanol–water partition coefficient (Wildman–Crippen LogP) is 3.18. The van der Waals surface area contributed by atoms with Gasteiger partial charge in [0.15, 0.2) is 5.78 Å². The minimum absolute atomic E-state index is 0.0729. The van der Waals surface area contributed by atoms with E-state index in [0.29, 0.717) is 22.2 Å². The maximum Gasteiger partial charge on any atom is 0.212 e. The quantitative estimate of drug-likeness (QED) is 0.794. The summed E-state index contributed by atoms with van der Waals surface area (Å²) < 4.78 is 10.2. The molecule has 0 N–H and O–H groups in total. The molecule has 1 aromatic heterocycles. The molecule has 2 aromatic rings. The molecular formula is C15H14ClNO3. The van der Waals surface area contributed by atoms with Crippen molar-refractivity contribution in [1.82, 2.24) is 4.98 Å². The first-order valence-corrected chi connectivity index (χ1v) is 6.37. The van der Waals surface area contributed by atoms with Crippen molar-refractivity contribution in [3.8, 4) is 11.6 Å². The number of methoxy groups -OCH3 is 2. The Bertz CT molecular complexity index is 611. The summed E-state index contributed by atoms with van der Waals surface area (Å²) in [7, 11) is 3.07. The number of Topliss-reactive ketones (excluding diaryl/α,β-unsaturated/α-hetero) is 1. The second-order valence-electron chi connectivity index (χ2n) is 4.15. The third kappa shape index (κ3) is 3.27. The molecule has 0 unspecified atom stereocenters. The number of hydrogen-bond acceptors (Lipinski definition) is 4. The fraction of sp³-hybridized carbons (Fsp3) is 0.200. The largest absolute Gasteiger partial charge is 0.496 e. The van der Waals surface area contributed by atoms with E-state index in [-0.39, 0.29) is 12.2 Å². The lowest BCUT2D eigenvalue weighted by atomic mass is 10.0. The van der Waals surface area contributed by atoms with Gasteiger partial charge in [-0.05, 0) is 23.8 Å². The van der Waals surface area contributed by atoms with Gasteiger partial charge < -0.3 is 9.47 Å². The Labute approximate surface area is 122 Å². The number of benzene rings is 1. The van der Waals surface area contributed by atoms with E-state index in [2.05, 4.69) is 4.98 Å². The molecular weight excluding hydrogens is 278 g/mol. The van der Waals surface area contributed by atoms with Crippen molar-refractivity contribution < 1.29 is 14.3 Å². The molecule has 104 valence electrons. The summed E-state index contributed by atoms with van der Waals surface area (Å²) in [5.74, 6) is 0.957. The Morgan fingerprint density at radius 1 is 1.20 bits per heavy atom. The molecule has 2 rings (SSSR count). The SMILES string of the molecule is COc1ccc(CC(=O)c2cc(Cl)ccc2OC)cn1. The normalized spacial score (nSPS) is 10.2. The van der Waals surface area contributed by atoms with E-state index in [4.69, 9.17) is 21.1 Å². The lowest BCUT2D eigenvalue weighted by Crippen LogP contribution is -2.06. The molecule has 0 aliphatic rings. The Kier molecular flexibility index (Phi) is 4.58. The second kappa shape index (κ2) is 6.39. The monoisotopic (exact) mass is 291 g/mol. The van der Waals surface area contributed by atoms with Crippen LogP contribution in [0.3, 0.4) is 0 Å². The summed E-state index contributed by atoms with van der Waals surface area (Å²) in [5, 5.41) is 0.502. The average Bonchev–Trinajstić information content (AvgIpc) is 2.48. The van der Waals surface area contributed by atoms with Gasteiger partial charge >= 0.3 is 0 Å². The van der Waals surface area contributed by atoms with E-state index < -0.39 is 0 Å². The number of nitrogens with zero attached hydrogens (tertiary/aromatic N) is 1. The van der Waals surface area contributed by atoms with Gasteiger partial charge in [-0.2, -0.15) is 0 Å². The van der Waals surface area contributed by atoms with E-state index in [1.807, 2.05) is 0 Å². The van der Waals surface area contributed by atoms with Crippen LogP contribution < -0.4 is 9.47 Å². The van der Waals surface area contributed by atoms with Gasteiger partial charge in [0.1, 0.15) is 5.75 Å². The van der Waals surface area contributed by atoms with Gasteiger partial charge in [-0.15, -0.1) is 0 Å². The third-order valence-corrected chi connectivity index (χ3v) is 3.07. The molecule has 0 atom stereocenters. The topological polar surface area (TPSA) is 48.4 Å². The molecule has 4 nitrogen and oxygen atoms in total. The van der Waals surface area contributed by atoms with E-state index in [1.54, 1.807) is 43.6 Å². The van der Waals surface area contributed by atoms with Crippen LogP contribution in [0.2, 0.25) is 5.02 Å². The molecule has 0 radical (unpaired) electrons. The zero-order chi connectivity index (χ0) is 14.5. The lowest BCUT2D eigenvalue weighted by Gasteiger charge is -2.08. The van der Waals surface area contributed by atoms with Crippen molar-refractivity contribution in [1.29, 1.82) is 0 Å². The van der Waals surface area contributed by atoms with E-state index in [1.165, 1.54) is 7.11 Å². The van der Waals surface area contributed by atoms with Crippen LogP contribution in [-0.2, 0) is 6.42 Å². The Balaban J connectivity index is 2.20. The first kappa shape index (κ1) is 14.3. The molecule has 0 fully saturated rings. The Hall–Kier alpha value is -2.07. The van der Waals surface area contributed by atoms with Crippen LogP contribution in [0.25, 0.3) is 0 Å². The highest BCUT2D eigenvalue weighted by molar-refractivity contribution is 6.31. The van der Waals surface area contributed by atoms with Gasteiger partial charge in [0.25, 0.3) is 0 Å². The van der Waals surface area contributed by atoms with Crippen LogP contribution in [0.4, 0.5) is 0 Å². The number of rotatable bonds is 5. The zero-order valence-electron chi connectivity index (χ0n) is 11.2. The van der Waals surface area contributed by atoms with Crippen molar-refractivity contribution in [3.05, 3.63) is 52.7 Å². The van der Waals surface area contributed by atoms with Crippen molar-refractivity contribution >= 4 is 17.4 Å². The van der Waals surface area contributed by atoms with Crippen molar-refractivity contribution in [2.75, 3.05) is 14.2 Å². The number of halogens is 1. The molecule has 0 aliphatic heterocycles. The number of pyridine rings is 1. The molecule has 1 aromatic carbocycles. The first-order chi connectivity index (χ1) is 9.63. The molecule has 0 aliphatic carbocycles. The number of ketones is 1. The van der Waals surface area contributed by atoms with E-state index in [9.17, 15) is 4.79 Å². The summed E-state index contributed by atoms with van der Waals surface area (Å²) in [6.45, 7) is 0. The van der Waals surface area contributed by atoms with Gasteiger partial charge in [0.05, 0.1) is 19.8 Å². The lowest BCUT2D eigenvalue weighted by molar-refractivity contribution is 0.0990. The third-order valence-electron chi connectivity index (χ3n) is 2.83. The minimum Gasteiger partial charge on any atom is -0.496 e. The molecule has 0 saturated heterocycles. The van der Waals surface area contributed by atoms with Gasteiger partial charge in [-0.3, -0.25) is 4.79 Å². The van der Waals surface area contributed by atoms with E-state index >= 15 is 0 Å². The van der Waals surface area contributed by atoms with E-state index in [0.717, 1.165) is 5.56 Å². The molecule has 0 bridgehead atoms. The molecule has 20 heavy (non-hydrogen) atoms. The Morgan fingerprint density at radius 2 is 2.00 bits per heavy atom. The number of carbonyl (C=O) groups excluding carboxylic acids is 1. The van der Waals surface area contributed by atoms with Gasteiger partial charge in [0, 0.05) is 23.7 Å². The highest BCUT2D eigenvalue weighted by atomic mass is 35.5. The molecule has 0 spiro atoms. The van der Waals surface area contributed by atoms with Crippen LogP contribution in [-0.4, -0.2) is 25.0 Å². The fourth-order valence-corrected chi connectivity index (χ4v) is 1.99. The predicted molar refractivity (Wildman–Crippen MR) is 76.8 cm³/mol. The smallest absolute Gasteiger partial charge is 0.212 e. The maximum absolute atomic E-state index is 12.3. The van der Waals surface area contributed by atoms with Gasteiger partial charge in [-0.1, -0.05) is 17.7 Å². The average molecular weight is 292 g/mol. The molecule has 0 saturated carbocycles. The number of aromatic nitrogens is 1. The second-order valence-corrected chi connectivity index (χ2v) is 4.59. The van der Waals surface area contributed by atoms with Crippen LogP contribution in [0.1, 0.15) is 15.9 Å². The summed E-state index contributed by atoms with van der Waals surface area (Å²) in [6.07, 6.45) is 1.85. The van der Waals surface area contributed by atoms with Crippen LogP contribution >= 0.6 is 11.6 Å². The van der Waals surface area contributed by atoms with Crippen LogP contribution in [0, 0.1) is 0 Å². The van der Waals surface area contributed by atoms with Crippen molar-refractivity contribution in [3.63, 3.8) is 0 Å². The number of carbonyl (C=O) groups is 1. The summed E-state index contributed by atoms with van der Waals surface area (Å²) in [4.78, 5) is 16.4. The van der Waals surface area contributed by atoms with Gasteiger partial charge in [-0.25, -0.2) is 4.98 Å². The summed E-state index contributed by atoms with van der Waals surface area (Å²) in [5.41, 5.74) is 1.27. The fourth-order valence-electron chi connectivity index (χ4n) is 1.81. The minimum atomic E-state index is -0.0729. The highest BCUT2D eigenvalue weighted by Crippen LogP contribution is 2.24. The molecule has 0 amide bonds. The zero-order valence-corrected chi connectivity index (χ0v) is 12.0. The van der Waals surface area contributed by atoms with Gasteiger partial charge in [0.2, 0.25) is 5.88 Å². The van der Waals surface area contributed by atoms with Crippen molar-refractivity contribution in [2.24, 2.45) is 0 Å².